The summed E-state index contributed by atoms with van der Waals surface area (Å²) in [5.41, 5.74) is 3.41. The minimum Gasteiger partial charge on any atom is -0.489 e. The van der Waals surface area contributed by atoms with Gasteiger partial charge in [-0.25, -0.2) is 4.79 Å². The minimum absolute atomic E-state index is 0.00264. The maximum atomic E-state index is 11.6. The van der Waals surface area contributed by atoms with Crippen LogP contribution in [-0.4, -0.2) is 42.6 Å². The molecule has 7 rings (SSSR count). The zero-order valence-electron chi connectivity index (χ0n) is 29.0. The van der Waals surface area contributed by atoms with Crippen molar-refractivity contribution >= 4 is 27.7 Å². The number of rotatable bonds is 12. The summed E-state index contributed by atoms with van der Waals surface area (Å²) in [6.45, 7) is 13.3. The van der Waals surface area contributed by atoms with E-state index in [-0.39, 0.29) is 17.3 Å². The quantitative estimate of drug-likeness (QED) is 0.0832. The van der Waals surface area contributed by atoms with E-state index in [9.17, 15) is 4.79 Å². The Morgan fingerprint density at radius 1 is 0.796 bits per heavy atom. The van der Waals surface area contributed by atoms with Crippen LogP contribution in [0.25, 0.3) is 27.7 Å². The summed E-state index contributed by atoms with van der Waals surface area (Å²) in [4.78, 5) is 11.6. The van der Waals surface area contributed by atoms with Gasteiger partial charge < -0.3 is 37.3 Å². The first-order chi connectivity index (χ1) is 23.4. The fraction of sp³-hybridized carbons (Fsp3) is 0.425. The van der Waals surface area contributed by atoms with Gasteiger partial charge in [-0.15, -0.1) is 0 Å². The number of allylic oxidation sites excluding steroid dienone is 2. The Kier molecular flexibility index (Phi) is 8.71. The lowest BCUT2D eigenvalue weighted by atomic mass is 9.96. The second-order valence-corrected chi connectivity index (χ2v) is 14.3. The van der Waals surface area contributed by atoms with Crippen LogP contribution in [0, 0.1) is 0 Å². The van der Waals surface area contributed by atoms with E-state index in [1.54, 1.807) is 18.4 Å². The van der Waals surface area contributed by atoms with Crippen molar-refractivity contribution < 1.29 is 37.3 Å². The molecule has 0 radical (unpaired) electrons. The van der Waals surface area contributed by atoms with Crippen molar-refractivity contribution in [1.82, 2.24) is 0 Å². The van der Waals surface area contributed by atoms with Crippen molar-refractivity contribution in [1.29, 1.82) is 0 Å². The second-order valence-electron chi connectivity index (χ2n) is 14.3. The van der Waals surface area contributed by atoms with Gasteiger partial charge in [0.15, 0.2) is 0 Å². The van der Waals surface area contributed by atoms with Crippen molar-refractivity contribution in [2.24, 2.45) is 0 Å². The zero-order chi connectivity index (χ0) is 34.4. The summed E-state index contributed by atoms with van der Waals surface area (Å²) in [7, 11) is 0. The Morgan fingerprint density at radius 3 is 2.22 bits per heavy atom. The molecule has 49 heavy (non-hydrogen) atoms. The number of fused-ring (bicyclic) bond motifs is 3. The minimum atomic E-state index is -1.45. The van der Waals surface area contributed by atoms with Crippen LogP contribution in [-0.2, 0) is 18.9 Å². The lowest BCUT2D eigenvalue weighted by molar-refractivity contribution is -0.271. The SMILES string of the molecule is C/C(=C\COC1=CC2(Oc3cc4occc4cc31)OC(CC/C(C)=C/COc1ccc3ccc(=O)oc3c1)C(C)(C)O2)CCC1OC1(C)C. The molecule has 0 saturated carbocycles. The van der Waals surface area contributed by atoms with Crippen LogP contribution in [0.1, 0.15) is 72.8 Å². The lowest BCUT2D eigenvalue weighted by Crippen LogP contribution is -2.40. The first-order valence-electron chi connectivity index (χ1n) is 17.0. The van der Waals surface area contributed by atoms with Gasteiger partial charge in [-0.05, 0) is 110 Å². The Bertz CT molecular complexity index is 2010. The highest BCUT2D eigenvalue weighted by Crippen LogP contribution is 2.47. The smallest absolute Gasteiger partial charge is 0.354 e. The summed E-state index contributed by atoms with van der Waals surface area (Å²) in [6.07, 6.45) is 11.1. The Hall–Kier alpha value is -4.31. The van der Waals surface area contributed by atoms with Gasteiger partial charge in [-0.3, -0.25) is 0 Å². The average Bonchev–Trinajstić information content (AvgIpc) is 3.31. The Morgan fingerprint density at radius 2 is 1.49 bits per heavy atom. The molecule has 2 aromatic carbocycles. The molecule has 2 saturated heterocycles. The van der Waals surface area contributed by atoms with Crippen LogP contribution >= 0.6 is 0 Å². The standard InChI is InChI=1S/C40H44O9/c1-25(15-18-42-29-11-9-27-10-14-37(41)45-32(27)22-29)8-13-36-39(5,6)49-40(48-36)24-34(30-21-28-17-20-43-31(28)23-33(30)46-40)44-19-16-26(2)7-12-35-38(3,4)47-35/h9-11,14-17,20-24,35-36H,7-8,12-13,18-19H2,1-6H3/b25-15+,26-16+. The maximum absolute atomic E-state index is 11.6. The summed E-state index contributed by atoms with van der Waals surface area (Å²) >= 11 is 0. The molecule has 0 aliphatic carbocycles. The molecule has 1 spiro atoms. The molecule has 2 aromatic heterocycles. The predicted octanol–water partition coefficient (Wildman–Crippen LogP) is 8.85. The van der Waals surface area contributed by atoms with Crippen molar-refractivity contribution in [2.75, 3.05) is 13.2 Å². The van der Waals surface area contributed by atoms with Gasteiger partial charge in [0, 0.05) is 29.0 Å². The van der Waals surface area contributed by atoms with Crippen LogP contribution in [0.4, 0.5) is 0 Å². The van der Waals surface area contributed by atoms with Crippen molar-refractivity contribution in [3.05, 3.63) is 100 Å². The van der Waals surface area contributed by atoms with Gasteiger partial charge in [-0.1, -0.05) is 11.1 Å². The normalized spacial score (nSPS) is 24.2. The maximum Gasteiger partial charge on any atom is 0.354 e. The van der Waals surface area contributed by atoms with Crippen LogP contribution in [0.5, 0.6) is 11.5 Å². The predicted molar refractivity (Wildman–Crippen MR) is 186 cm³/mol. The number of hydrogen-bond acceptors (Lipinski definition) is 9. The second kappa shape index (κ2) is 12.9. The first-order valence-corrected chi connectivity index (χ1v) is 17.0. The fourth-order valence-electron chi connectivity index (χ4n) is 6.47. The van der Waals surface area contributed by atoms with Crippen LogP contribution in [0.3, 0.4) is 0 Å². The molecule has 258 valence electrons. The molecule has 3 atom stereocenters. The van der Waals surface area contributed by atoms with Gasteiger partial charge in [-0.2, -0.15) is 0 Å². The molecule has 0 amide bonds. The molecule has 9 nitrogen and oxygen atoms in total. The van der Waals surface area contributed by atoms with E-state index in [0.717, 1.165) is 41.2 Å². The van der Waals surface area contributed by atoms with E-state index in [1.807, 2.05) is 56.3 Å². The monoisotopic (exact) mass is 668 g/mol. The molecule has 2 fully saturated rings. The van der Waals surface area contributed by atoms with Gasteiger partial charge >= 0.3 is 11.6 Å². The van der Waals surface area contributed by atoms with Gasteiger partial charge in [0.1, 0.15) is 41.6 Å². The molecular formula is C40H44O9. The molecule has 9 heteroatoms. The van der Waals surface area contributed by atoms with Crippen molar-refractivity contribution in [3.63, 3.8) is 0 Å². The van der Waals surface area contributed by atoms with Crippen molar-refractivity contribution in [2.45, 2.75) is 96.6 Å². The highest BCUT2D eigenvalue weighted by Gasteiger charge is 2.55. The molecule has 5 heterocycles. The lowest BCUT2D eigenvalue weighted by Gasteiger charge is -2.32. The molecule has 0 N–H and O–H groups in total. The summed E-state index contributed by atoms with van der Waals surface area (Å²) in [5, 5.41) is 1.80. The largest absolute Gasteiger partial charge is 0.489 e. The number of benzene rings is 2. The van der Waals surface area contributed by atoms with E-state index in [2.05, 4.69) is 33.8 Å². The highest BCUT2D eigenvalue weighted by molar-refractivity contribution is 5.85. The van der Waals surface area contributed by atoms with Crippen molar-refractivity contribution in [3.8, 4) is 11.5 Å². The highest BCUT2D eigenvalue weighted by atomic mass is 16.9. The van der Waals surface area contributed by atoms with E-state index in [1.165, 1.54) is 11.6 Å². The van der Waals surface area contributed by atoms with Gasteiger partial charge in [0.25, 0.3) is 0 Å². The third-order valence-corrected chi connectivity index (χ3v) is 9.58. The van der Waals surface area contributed by atoms with Crippen LogP contribution in [0.2, 0.25) is 0 Å². The number of hydrogen-bond donors (Lipinski definition) is 0. The summed E-state index contributed by atoms with van der Waals surface area (Å²) < 4.78 is 48.7. The van der Waals surface area contributed by atoms with E-state index in [0.29, 0.717) is 54.2 Å². The fourth-order valence-corrected chi connectivity index (χ4v) is 6.47. The van der Waals surface area contributed by atoms with Gasteiger partial charge in [0.05, 0.1) is 41.3 Å². The number of furan rings is 1. The summed E-state index contributed by atoms with van der Waals surface area (Å²) in [6, 6.07) is 14.4. The van der Waals surface area contributed by atoms with E-state index >= 15 is 0 Å². The van der Waals surface area contributed by atoms with Gasteiger partial charge in [0.2, 0.25) is 0 Å². The molecule has 4 aromatic rings. The summed E-state index contributed by atoms with van der Waals surface area (Å²) in [5.74, 6) is 0.399. The Balaban J connectivity index is 1.01. The Labute approximate surface area is 286 Å². The molecule has 3 unspecified atom stereocenters. The topological polar surface area (TPSA) is 102 Å². The molecule has 3 aliphatic rings. The molecular weight excluding hydrogens is 624 g/mol. The van der Waals surface area contributed by atoms with Crippen LogP contribution < -0.4 is 15.1 Å². The number of ether oxygens (including phenoxy) is 6. The number of epoxide rings is 1. The molecule has 3 aliphatic heterocycles. The van der Waals surface area contributed by atoms with E-state index < -0.39 is 11.6 Å². The average molecular weight is 669 g/mol. The molecule has 0 bridgehead atoms. The van der Waals surface area contributed by atoms with Crippen LogP contribution in [0.15, 0.2) is 97.8 Å². The third kappa shape index (κ3) is 7.34. The zero-order valence-corrected chi connectivity index (χ0v) is 29.0. The third-order valence-electron chi connectivity index (χ3n) is 9.58. The van der Waals surface area contributed by atoms with E-state index in [4.69, 9.17) is 37.3 Å². The first kappa shape index (κ1) is 33.2.